The van der Waals surface area contributed by atoms with Gasteiger partial charge in [0.25, 0.3) is 5.91 Å². The third kappa shape index (κ3) is 3.39. The maximum absolute atomic E-state index is 13.2. The van der Waals surface area contributed by atoms with Gasteiger partial charge in [0.2, 0.25) is 10.0 Å². The Bertz CT molecular complexity index is 977. The van der Waals surface area contributed by atoms with Crippen LogP contribution in [0.5, 0.6) is 0 Å². The maximum Gasteiger partial charge on any atom is 0.271 e. The summed E-state index contributed by atoms with van der Waals surface area (Å²) in [6.45, 7) is 5.22. The van der Waals surface area contributed by atoms with Crippen LogP contribution in [0.15, 0.2) is 35.5 Å². The van der Waals surface area contributed by atoms with E-state index in [2.05, 4.69) is 10.3 Å². The third-order valence-electron chi connectivity index (χ3n) is 4.98. The number of hydrogen-bond acceptors (Lipinski definition) is 4. The van der Waals surface area contributed by atoms with Gasteiger partial charge in [-0.3, -0.25) is 9.36 Å². The van der Waals surface area contributed by atoms with E-state index in [1.54, 1.807) is 35.2 Å². The summed E-state index contributed by atoms with van der Waals surface area (Å²) in [4.78, 5) is 17.2. The SMILES string of the molecule is CC(C)CNC(=O)c1ncn2c1CN(CC1CC1)S(=O)(=O)c1ccccc1-2. The van der Waals surface area contributed by atoms with Gasteiger partial charge < -0.3 is 5.32 Å². The zero-order chi connectivity index (χ0) is 19.2. The number of carbonyl (C=O) groups excluding carboxylic acids is 1. The molecule has 0 atom stereocenters. The van der Waals surface area contributed by atoms with Crippen LogP contribution >= 0.6 is 0 Å². The summed E-state index contributed by atoms with van der Waals surface area (Å²) >= 11 is 0. The van der Waals surface area contributed by atoms with E-state index in [9.17, 15) is 13.2 Å². The normalized spacial score (nSPS) is 18.6. The molecule has 0 bridgehead atoms. The van der Waals surface area contributed by atoms with Crippen LogP contribution < -0.4 is 5.32 Å². The number of aromatic nitrogens is 2. The molecule has 1 aromatic heterocycles. The van der Waals surface area contributed by atoms with Gasteiger partial charge >= 0.3 is 0 Å². The monoisotopic (exact) mass is 388 g/mol. The number of rotatable bonds is 5. The van der Waals surface area contributed by atoms with E-state index in [1.807, 2.05) is 13.8 Å². The number of hydrogen-bond donors (Lipinski definition) is 1. The Morgan fingerprint density at radius 1 is 1.30 bits per heavy atom. The van der Waals surface area contributed by atoms with Crippen LogP contribution in [0.1, 0.15) is 42.9 Å². The summed E-state index contributed by atoms with van der Waals surface area (Å²) < 4.78 is 29.7. The number of fused-ring (bicyclic) bond motifs is 3. The molecule has 7 nitrogen and oxygen atoms in total. The molecule has 8 heteroatoms. The topological polar surface area (TPSA) is 84.3 Å². The zero-order valence-corrected chi connectivity index (χ0v) is 16.4. The van der Waals surface area contributed by atoms with Crippen LogP contribution in [0.2, 0.25) is 0 Å². The molecular weight excluding hydrogens is 364 g/mol. The average Bonchev–Trinajstić information content (AvgIpc) is 3.37. The Labute approximate surface area is 159 Å². The second-order valence-corrected chi connectivity index (χ2v) is 9.63. The second kappa shape index (κ2) is 6.76. The van der Waals surface area contributed by atoms with Crippen molar-refractivity contribution >= 4 is 15.9 Å². The van der Waals surface area contributed by atoms with Crippen molar-refractivity contribution in [3.63, 3.8) is 0 Å². The number of nitrogens with one attached hydrogen (secondary N) is 1. The fraction of sp³-hybridized carbons (Fsp3) is 0.474. The third-order valence-corrected chi connectivity index (χ3v) is 6.84. The van der Waals surface area contributed by atoms with Gasteiger partial charge in [0.05, 0.1) is 17.9 Å². The standard InChI is InChI=1S/C19H24N4O3S/c1-13(2)9-20-19(24)18-16-11-22(10-14-7-8-14)27(25,26)17-6-4-3-5-15(17)23(16)12-21-18/h3-6,12-14H,7-11H2,1-2H3,(H,20,24). The molecule has 1 N–H and O–H groups in total. The summed E-state index contributed by atoms with van der Waals surface area (Å²) in [7, 11) is -3.63. The molecule has 0 radical (unpaired) electrons. The highest BCUT2D eigenvalue weighted by atomic mass is 32.2. The Balaban J connectivity index is 1.80. The smallest absolute Gasteiger partial charge is 0.271 e. The average molecular weight is 388 g/mol. The highest BCUT2D eigenvalue weighted by Crippen LogP contribution is 2.36. The van der Waals surface area contributed by atoms with Gasteiger partial charge in [0.1, 0.15) is 11.2 Å². The Morgan fingerprint density at radius 2 is 2.04 bits per heavy atom. The van der Waals surface area contributed by atoms with E-state index >= 15 is 0 Å². The molecule has 1 amide bonds. The first-order chi connectivity index (χ1) is 12.9. The zero-order valence-electron chi connectivity index (χ0n) is 15.6. The molecule has 1 aliphatic carbocycles. The van der Waals surface area contributed by atoms with E-state index in [0.717, 1.165) is 12.8 Å². The minimum Gasteiger partial charge on any atom is -0.350 e. The van der Waals surface area contributed by atoms with E-state index in [0.29, 0.717) is 42.0 Å². The molecule has 144 valence electrons. The molecule has 0 unspecified atom stereocenters. The molecule has 1 saturated carbocycles. The van der Waals surface area contributed by atoms with Crippen molar-refractivity contribution in [2.75, 3.05) is 13.1 Å². The number of benzene rings is 1. The lowest BCUT2D eigenvalue weighted by Gasteiger charge is -2.20. The van der Waals surface area contributed by atoms with Crippen molar-refractivity contribution in [2.24, 2.45) is 11.8 Å². The highest BCUT2D eigenvalue weighted by Gasteiger charge is 2.37. The van der Waals surface area contributed by atoms with Crippen molar-refractivity contribution in [1.29, 1.82) is 0 Å². The summed E-state index contributed by atoms with van der Waals surface area (Å²) in [5.41, 5.74) is 1.45. The fourth-order valence-electron chi connectivity index (χ4n) is 3.32. The minimum absolute atomic E-state index is 0.151. The maximum atomic E-state index is 13.2. The molecule has 2 aromatic rings. The Hall–Kier alpha value is -2.19. The van der Waals surface area contributed by atoms with Gasteiger partial charge in [0, 0.05) is 13.1 Å². The van der Waals surface area contributed by atoms with Crippen molar-refractivity contribution in [2.45, 2.75) is 38.1 Å². The highest BCUT2D eigenvalue weighted by molar-refractivity contribution is 7.89. The number of para-hydroxylation sites is 1. The Kier molecular flexibility index (Phi) is 4.55. The number of sulfonamides is 1. The lowest BCUT2D eigenvalue weighted by molar-refractivity contribution is 0.0942. The van der Waals surface area contributed by atoms with Crippen molar-refractivity contribution in [3.8, 4) is 5.69 Å². The van der Waals surface area contributed by atoms with Gasteiger partial charge in [0.15, 0.2) is 5.69 Å². The minimum atomic E-state index is -3.63. The van der Waals surface area contributed by atoms with Crippen LogP contribution in [0.4, 0.5) is 0 Å². The quantitative estimate of drug-likeness (QED) is 0.851. The van der Waals surface area contributed by atoms with Gasteiger partial charge in [-0.05, 0) is 36.8 Å². The first kappa shape index (κ1) is 18.2. The summed E-state index contributed by atoms with van der Waals surface area (Å²) in [5.74, 6) is 0.461. The number of nitrogens with zero attached hydrogens (tertiary/aromatic N) is 3. The molecule has 1 aromatic carbocycles. The van der Waals surface area contributed by atoms with Gasteiger partial charge in [-0.15, -0.1) is 0 Å². The predicted molar refractivity (Wildman–Crippen MR) is 101 cm³/mol. The number of amides is 1. The van der Waals surface area contributed by atoms with Crippen LogP contribution in [0.3, 0.4) is 0 Å². The van der Waals surface area contributed by atoms with Crippen LogP contribution in [-0.4, -0.2) is 41.3 Å². The van der Waals surface area contributed by atoms with E-state index < -0.39 is 10.0 Å². The molecule has 2 aliphatic rings. The van der Waals surface area contributed by atoms with E-state index in [1.165, 1.54) is 4.31 Å². The largest absolute Gasteiger partial charge is 0.350 e. The summed E-state index contributed by atoms with van der Waals surface area (Å²) in [6.07, 6.45) is 3.65. The first-order valence-electron chi connectivity index (χ1n) is 9.32. The predicted octanol–water partition coefficient (Wildman–Crippen LogP) is 2.17. The van der Waals surface area contributed by atoms with Crippen LogP contribution in [0.25, 0.3) is 5.69 Å². The fourth-order valence-corrected chi connectivity index (χ4v) is 4.98. The van der Waals surface area contributed by atoms with Crippen molar-refractivity contribution in [1.82, 2.24) is 19.2 Å². The second-order valence-electron chi connectivity index (χ2n) is 7.72. The van der Waals surface area contributed by atoms with Gasteiger partial charge in [-0.25, -0.2) is 13.4 Å². The number of imidazole rings is 1. The molecule has 0 saturated heterocycles. The molecule has 1 fully saturated rings. The van der Waals surface area contributed by atoms with E-state index in [-0.39, 0.29) is 17.3 Å². The molecule has 4 rings (SSSR count). The Morgan fingerprint density at radius 3 is 2.74 bits per heavy atom. The molecule has 27 heavy (non-hydrogen) atoms. The van der Waals surface area contributed by atoms with Crippen LogP contribution in [0, 0.1) is 11.8 Å². The lowest BCUT2D eigenvalue weighted by Crippen LogP contribution is -2.33. The van der Waals surface area contributed by atoms with E-state index in [4.69, 9.17) is 0 Å². The van der Waals surface area contributed by atoms with Crippen LogP contribution in [-0.2, 0) is 16.6 Å². The summed E-state index contributed by atoms with van der Waals surface area (Å²) in [5, 5.41) is 2.88. The lowest BCUT2D eigenvalue weighted by atomic mass is 10.2. The molecule has 1 aliphatic heterocycles. The number of carbonyl (C=O) groups is 1. The van der Waals surface area contributed by atoms with Crippen molar-refractivity contribution < 1.29 is 13.2 Å². The van der Waals surface area contributed by atoms with Gasteiger partial charge in [-0.2, -0.15) is 4.31 Å². The summed E-state index contributed by atoms with van der Waals surface area (Å²) in [6, 6.07) is 6.91. The molecular formula is C19H24N4O3S. The molecule has 2 heterocycles. The first-order valence-corrected chi connectivity index (χ1v) is 10.8. The molecule has 0 spiro atoms. The van der Waals surface area contributed by atoms with Gasteiger partial charge in [-0.1, -0.05) is 26.0 Å². The van der Waals surface area contributed by atoms with Crippen molar-refractivity contribution in [3.05, 3.63) is 42.0 Å².